The van der Waals surface area contributed by atoms with E-state index in [0.717, 1.165) is 25.7 Å². The Balaban J connectivity index is 1.78. The maximum absolute atomic E-state index is 5.31. The molecule has 0 aromatic heterocycles. The number of rotatable bonds is 5. The minimum atomic E-state index is 0.746. The first-order valence-electron chi connectivity index (χ1n) is 3.99. The maximum Gasteiger partial charge on any atom is 0.0196 e. The van der Waals surface area contributed by atoms with E-state index < -0.39 is 0 Å². The van der Waals surface area contributed by atoms with Crippen LogP contribution in [0.3, 0.4) is 0 Å². The lowest BCUT2D eigenvalue weighted by atomic mass is 10.5. The fourth-order valence-corrected chi connectivity index (χ4v) is 1.05. The van der Waals surface area contributed by atoms with Crippen LogP contribution in [0.5, 0.6) is 0 Å². The van der Waals surface area contributed by atoms with Crippen LogP contribution in [0.1, 0.15) is 6.92 Å². The smallest absolute Gasteiger partial charge is 0.0196 e. The van der Waals surface area contributed by atoms with E-state index in [9.17, 15) is 0 Å². The van der Waals surface area contributed by atoms with Crippen molar-refractivity contribution < 1.29 is 0 Å². The fourth-order valence-electron chi connectivity index (χ4n) is 1.05. The first-order chi connectivity index (χ1) is 4.84. The van der Waals surface area contributed by atoms with E-state index in [-0.39, 0.29) is 0 Å². The molecule has 1 aliphatic rings. The molecule has 3 N–H and O–H groups in total. The third-order valence-corrected chi connectivity index (χ3v) is 1.89. The quantitative estimate of drug-likeness (QED) is 0.392. The van der Waals surface area contributed by atoms with Crippen LogP contribution in [0.25, 0.3) is 0 Å². The molecule has 0 saturated carbocycles. The SMILES string of the molecule is CC1CN1CCNCCN. The molecule has 3 nitrogen and oxygen atoms in total. The van der Waals surface area contributed by atoms with E-state index in [1.807, 2.05) is 0 Å². The average molecular weight is 143 g/mol. The molecule has 60 valence electrons. The lowest BCUT2D eigenvalue weighted by molar-refractivity contribution is 0.495. The Morgan fingerprint density at radius 3 is 2.80 bits per heavy atom. The zero-order valence-electron chi connectivity index (χ0n) is 6.64. The molecule has 0 spiro atoms. The molecule has 1 aliphatic heterocycles. The summed E-state index contributed by atoms with van der Waals surface area (Å²) in [6.07, 6.45) is 0. The van der Waals surface area contributed by atoms with Crippen molar-refractivity contribution in [2.75, 3.05) is 32.7 Å². The van der Waals surface area contributed by atoms with Crippen molar-refractivity contribution in [2.24, 2.45) is 5.73 Å². The lowest BCUT2D eigenvalue weighted by Crippen LogP contribution is -2.27. The summed E-state index contributed by atoms with van der Waals surface area (Å²) < 4.78 is 0. The summed E-state index contributed by atoms with van der Waals surface area (Å²) >= 11 is 0. The van der Waals surface area contributed by atoms with Crippen molar-refractivity contribution >= 4 is 0 Å². The highest BCUT2D eigenvalue weighted by molar-refractivity contribution is 4.84. The Morgan fingerprint density at radius 2 is 2.30 bits per heavy atom. The number of nitrogens with two attached hydrogens (primary N) is 1. The highest BCUT2D eigenvalue weighted by atomic mass is 15.3. The Labute approximate surface area is 62.6 Å². The van der Waals surface area contributed by atoms with Gasteiger partial charge in [0, 0.05) is 38.8 Å². The second-order valence-electron chi connectivity index (χ2n) is 2.88. The summed E-state index contributed by atoms with van der Waals surface area (Å²) in [6, 6.07) is 0.833. The van der Waals surface area contributed by atoms with Crippen LogP contribution in [-0.2, 0) is 0 Å². The third kappa shape index (κ3) is 2.64. The molecule has 1 rings (SSSR count). The van der Waals surface area contributed by atoms with Crippen molar-refractivity contribution in [3.05, 3.63) is 0 Å². The zero-order valence-corrected chi connectivity index (χ0v) is 6.64. The van der Waals surface area contributed by atoms with Crippen molar-refractivity contribution in [1.29, 1.82) is 0 Å². The average Bonchev–Trinajstić information content (AvgIpc) is 2.60. The molecule has 1 heterocycles. The van der Waals surface area contributed by atoms with Gasteiger partial charge < -0.3 is 11.1 Å². The van der Waals surface area contributed by atoms with Crippen molar-refractivity contribution in [3.63, 3.8) is 0 Å². The summed E-state index contributed by atoms with van der Waals surface area (Å²) in [4.78, 5) is 2.43. The van der Waals surface area contributed by atoms with E-state index in [2.05, 4.69) is 17.1 Å². The predicted molar refractivity (Wildman–Crippen MR) is 43.0 cm³/mol. The van der Waals surface area contributed by atoms with Crippen molar-refractivity contribution in [2.45, 2.75) is 13.0 Å². The molecular weight excluding hydrogens is 126 g/mol. The Morgan fingerprint density at radius 1 is 1.60 bits per heavy atom. The van der Waals surface area contributed by atoms with Crippen LogP contribution in [0.15, 0.2) is 0 Å². The van der Waals surface area contributed by atoms with Crippen LogP contribution >= 0.6 is 0 Å². The predicted octanol–water partition coefficient (Wildman–Crippen LogP) is -0.761. The highest BCUT2D eigenvalue weighted by Gasteiger charge is 2.27. The molecule has 0 aromatic rings. The lowest BCUT2D eigenvalue weighted by Gasteiger charge is -2.02. The summed E-state index contributed by atoms with van der Waals surface area (Å²) in [5.74, 6) is 0. The van der Waals surface area contributed by atoms with Gasteiger partial charge >= 0.3 is 0 Å². The van der Waals surface area contributed by atoms with Gasteiger partial charge in [-0.3, -0.25) is 4.90 Å². The van der Waals surface area contributed by atoms with E-state index in [4.69, 9.17) is 5.73 Å². The van der Waals surface area contributed by atoms with Gasteiger partial charge in [-0.2, -0.15) is 0 Å². The van der Waals surface area contributed by atoms with Crippen LogP contribution in [0.4, 0.5) is 0 Å². The summed E-state index contributed by atoms with van der Waals surface area (Å²) in [7, 11) is 0. The van der Waals surface area contributed by atoms with Gasteiger partial charge in [-0.15, -0.1) is 0 Å². The Kier molecular flexibility index (Phi) is 3.12. The topological polar surface area (TPSA) is 41.1 Å². The largest absolute Gasteiger partial charge is 0.329 e. The molecular formula is C7H17N3. The first kappa shape index (κ1) is 7.98. The van der Waals surface area contributed by atoms with Crippen LogP contribution < -0.4 is 11.1 Å². The van der Waals surface area contributed by atoms with Gasteiger partial charge in [-0.1, -0.05) is 0 Å². The van der Waals surface area contributed by atoms with Crippen LogP contribution in [0.2, 0.25) is 0 Å². The van der Waals surface area contributed by atoms with Crippen LogP contribution in [-0.4, -0.2) is 43.7 Å². The standard InChI is InChI=1S/C7H17N3/c1-7-6-10(7)5-4-9-3-2-8/h7,9H,2-6,8H2,1H3. The van der Waals surface area contributed by atoms with Gasteiger partial charge in [0.15, 0.2) is 0 Å². The molecule has 1 fully saturated rings. The van der Waals surface area contributed by atoms with Gasteiger partial charge in [-0.25, -0.2) is 0 Å². The summed E-state index contributed by atoms with van der Waals surface area (Å²) in [5.41, 5.74) is 5.31. The number of hydrogen-bond donors (Lipinski definition) is 2. The van der Waals surface area contributed by atoms with E-state index in [1.165, 1.54) is 13.1 Å². The molecule has 10 heavy (non-hydrogen) atoms. The van der Waals surface area contributed by atoms with Crippen molar-refractivity contribution in [1.82, 2.24) is 10.2 Å². The van der Waals surface area contributed by atoms with Crippen LogP contribution in [0, 0.1) is 0 Å². The number of nitrogens with one attached hydrogen (secondary N) is 1. The molecule has 0 amide bonds. The van der Waals surface area contributed by atoms with E-state index in [0.29, 0.717) is 0 Å². The zero-order chi connectivity index (χ0) is 7.40. The monoisotopic (exact) mass is 143 g/mol. The minimum Gasteiger partial charge on any atom is -0.329 e. The van der Waals surface area contributed by atoms with Gasteiger partial charge in [0.25, 0.3) is 0 Å². The molecule has 2 unspecified atom stereocenters. The molecule has 0 aromatic carbocycles. The van der Waals surface area contributed by atoms with Gasteiger partial charge in [0.05, 0.1) is 0 Å². The minimum absolute atomic E-state index is 0.746. The molecule has 2 atom stereocenters. The second kappa shape index (κ2) is 3.91. The third-order valence-electron chi connectivity index (χ3n) is 1.89. The first-order valence-corrected chi connectivity index (χ1v) is 3.99. The molecule has 1 saturated heterocycles. The summed E-state index contributed by atoms with van der Waals surface area (Å²) in [6.45, 7) is 7.49. The van der Waals surface area contributed by atoms with E-state index in [1.54, 1.807) is 0 Å². The van der Waals surface area contributed by atoms with Gasteiger partial charge in [0.2, 0.25) is 0 Å². The molecule has 0 bridgehead atoms. The van der Waals surface area contributed by atoms with Gasteiger partial charge in [0.1, 0.15) is 0 Å². The summed E-state index contributed by atoms with van der Waals surface area (Å²) in [5, 5.41) is 3.26. The number of nitrogens with zero attached hydrogens (tertiary/aromatic N) is 1. The second-order valence-corrected chi connectivity index (χ2v) is 2.88. The number of hydrogen-bond acceptors (Lipinski definition) is 3. The Hall–Kier alpha value is -0.120. The van der Waals surface area contributed by atoms with Gasteiger partial charge in [-0.05, 0) is 6.92 Å². The fraction of sp³-hybridized carbons (Fsp3) is 1.00. The Bertz CT molecular complexity index is 94.9. The highest BCUT2D eigenvalue weighted by Crippen LogP contribution is 2.13. The van der Waals surface area contributed by atoms with Crippen molar-refractivity contribution in [3.8, 4) is 0 Å². The maximum atomic E-state index is 5.31. The molecule has 3 heteroatoms. The normalized spacial score (nSPS) is 30.6. The molecule has 0 aliphatic carbocycles. The molecule has 0 radical (unpaired) electrons. The van der Waals surface area contributed by atoms with E-state index >= 15 is 0 Å².